The third-order valence-electron chi connectivity index (χ3n) is 1.85. The summed E-state index contributed by atoms with van der Waals surface area (Å²) in [4.78, 5) is 23.0. The number of carbonyl (C=O) groups is 2. The molecule has 0 aromatic rings. The number of carboxylic acid groups (broad SMARTS) is 1. The normalized spacial score (nSPS) is 18.0. The summed E-state index contributed by atoms with van der Waals surface area (Å²) in [5.41, 5.74) is 4.51. The lowest BCUT2D eigenvalue weighted by Gasteiger charge is -2.25. The first kappa shape index (κ1) is 10.5. The van der Waals surface area contributed by atoms with Crippen LogP contribution < -0.4 is 5.73 Å². The maximum atomic E-state index is 10.7. The molecule has 78 valence electrons. The first-order valence-corrected chi connectivity index (χ1v) is 4.18. The van der Waals surface area contributed by atoms with Crippen molar-refractivity contribution in [3.63, 3.8) is 0 Å². The maximum absolute atomic E-state index is 10.7. The summed E-state index contributed by atoms with van der Waals surface area (Å²) in [5.74, 6) is -2.23. The number of morpholine rings is 1. The van der Waals surface area contributed by atoms with Crippen molar-refractivity contribution >= 4 is 11.9 Å². The van der Waals surface area contributed by atoms with E-state index in [9.17, 15) is 9.59 Å². The fraction of sp³-hybridized carbons (Fsp3) is 0.500. The van der Waals surface area contributed by atoms with Crippen LogP contribution in [0.3, 0.4) is 0 Å². The van der Waals surface area contributed by atoms with Crippen LogP contribution >= 0.6 is 0 Å². The molecule has 1 heterocycles. The van der Waals surface area contributed by atoms with E-state index in [2.05, 4.69) is 0 Å². The van der Waals surface area contributed by atoms with E-state index in [4.69, 9.17) is 15.6 Å². The van der Waals surface area contributed by atoms with Gasteiger partial charge >= 0.3 is 5.97 Å². The third-order valence-corrected chi connectivity index (χ3v) is 1.85. The summed E-state index contributed by atoms with van der Waals surface area (Å²) in [6, 6.07) is 0. The van der Waals surface area contributed by atoms with Gasteiger partial charge in [0.25, 0.3) is 5.91 Å². The van der Waals surface area contributed by atoms with Crippen LogP contribution in [0, 0.1) is 0 Å². The molecule has 0 aliphatic carbocycles. The first-order chi connectivity index (χ1) is 6.61. The van der Waals surface area contributed by atoms with Crippen molar-refractivity contribution in [2.24, 2.45) is 5.73 Å². The Labute approximate surface area is 80.9 Å². The number of primary amides is 1. The molecule has 0 atom stereocenters. The fourth-order valence-electron chi connectivity index (χ4n) is 1.11. The molecule has 0 aromatic heterocycles. The largest absolute Gasteiger partial charge is 0.477 e. The number of amides is 1. The molecule has 0 aromatic carbocycles. The molecule has 1 fully saturated rings. The lowest BCUT2D eigenvalue weighted by atomic mass is 10.2. The summed E-state index contributed by atoms with van der Waals surface area (Å²) in [6.07, 6.45) is 1.27. The molecule has 1 rings (SSSR count). The minimum absolute atomic E-state index is 0.396. The third kappa shape index (κ3) is 2.74. The minimum Gasteiger partial charge on any atom is -0.477 e. The van der Waals surface area contributed by atoms with E-state index in [0.29, 0.717) is 26.3 Å². The molecule has 14 heavy (non-hydrogen) atoms. The van der Waals surface area contributed by atoms with Gasteiger partial charge in [-0.15, -0.1) is 0 Å². The molecule has 0 saturated carbocycles. The van der Waals surface area contributed by atoms with Gasteiger partial charge in [-0.25, -0.2) is 4.79 Å². The Balaban J connectivity index is 2.70. The van der Waals surface area contributed by atoms with Gasteiger partial charge in [-0.3, -0.25) is 4.79 Å². The summed E-state index contributed by atoms with van der Waals surface area (Å²) in [7, 11) is 0. The molecular weight excluding hydrogens is 188 g/mol. The van der Waals surface area contributed by atoms with Crippen LogP contribution in [0.15, 0.2) is 11.8 Å². The van der Waals surface area contributed by atoms with Gasteiger partial charge in [0, 0.05) is 19.3 Å². The molecule has 0 unspecified atom stereocenters. The van der Waals surface area contributed by atoms with Gasteiger partial charge in [-0.05, 0) is 0 Å². The highest BCUT2D eigenvalue weighted by atomic mass is 16.5. The Bertz CT molecular complexity index is 253. The van der Waals surface area contributed by atoms with Crippen molar-refractivity contribution in [1.82, 2.24) is 4.90 Å². The van der Waals surface area contributed by atoms with Crippen molar-refractivity contribution in [3.05, 3.63) is 11.8 Å². The van der Waals surface area contributed by atoms with E-state index in [1.165, 1.54) is 6.20 Å². The average molecular weight is 200 g/mol. The Hall–Kier alpha value is -1.56. The van der Waals surface area contributed by atoms with Gasteiger partial charge < -0.3 is 20.5 Å². The number of nitrogens with two attached hydrogens (primary N) is 1. The summed E-state index contributed by atoms with van der Waals surface area (Å²) in [6.45, 7) is 2.21. The number of hydrogen-bond acceptors (Lipinski definition) is 4. The number of rotatable bonds is 3. The Morgan fingerprint density at radius 2 is 1.93 bits per heavy atom. The van der Waals surface area contributed by atoms with E-state index >= 15 is 0 Å². The van der Waals surface area contributed by atoms with Gasteiger partial charge in [0.1, 0.15) is 5.57 Å². The standard InChI is InChI=1S/C8H12N2O4/c9-7(11)6(8(12)13)5-10-1-3-14-4-2-10/h5H,1-4H2,(H2,9,11)(H,12,13)/b6-5+. The number of carboxylic acids is 1. The van der Waals surface area contributed by atoms with Gasteiger partial charge in [0.2, 0.25) is 0 Å². The highest BCUT2D eigenvalue weighted by Gasteiger charge is 2.16. The van der Waals surface area contributed by atoms with Crippen molar-refractivity contribution < 1.29 is 19.4 Å². The lowest BCUT2D eigenvalue weighted by Crippen LogP contribution is -2.34. The van der Waals surface area contributed by atoms with Crippen LogP contribution in [0.4, 0.5) is 0 Å². The second-order valence-electron chi connectivity index (χ2n) is 2.86. The first-order valence-electron chi connectivity index (χ1n) is 4.18. The number of aliphatic carboxylic acids is 1. The van der Waals surface area contributed by atoms with Crippen molar-refractivity contribution in [1.29, 1.82) is 0 Å². The molecular formula is C8H12N2O4. The second-order valence-corrected chi connectivity index (χ2v) is 2.86. The molecule has 0 radical (unpaired) electrons. The topological polar surface area (TPSA) is 92.9 Å². The molecule has 1 aliphatic heterocycles. The van der Waals surface area contributed by atoms with Gasteiger partial charge in [-0.1, -0.05) is 0 Å². The quantitative estimate of drug-likeness (QED) is 0.338. The van der Waals surface area contributed by atoms with Gasteiger partial charge in [-0.2, -0.15) is 0 Å². The number of ether oxygens (including phenoxy) is 1. The van der Waals surface area contributed by atoms with Gasteiger partial charge in [0.05, 0.1) is 13.2 Å². The zero-order valence-corrected chi connectivity index (χ0v) is 7.60. The molecule has 1 amide bonds. The molecule has 0 spiro atoms. The van der Waals surface area contributed by atoms with Crippen LogP contribution in [-0.4, -0.2) is 48.2 Å². The van der Waals surface area contributed by atoms with E-state index in [1.54, 1.807) is 4.90 Å². The molecule has 3 N–H and O–H groups in total. The molecule has 6 heteroatoms. The summed E-state index contributed by atoms with van der Waals surface area (Å²) in [5, 5.41) is 8.65. The zero-order valence-electron chi connectivity index (χ0n) is 7.60. The Morgan fingerprint density at radius 1 is 1.36 bits per heavy atom. The van der Waals surface area contributed by atoms with E-state index in [-0.39, 0.29) is 0 Å². The predicted octanol–water partition coefficient (Wildman–Crippen LogP) is -1.23. The Kier molecular flexibility index (Phi) is 3.47. The average Bonchev–Trinajstić information content (AvgIpc) is 2.15. The molecule has 1 saturated heterocycles. The van der Waals surface area contributed by atoms with Crippen molar-refractivity contribution in [2.75, 3.05) is 26.3 Å². The number of carbonyl (C=O) groups excluding carboxylic acids is 1. The monoisotopic (exact) mass is 200 g/mol. The van der Waals surface area contributed by atoms with E-state index < -0.39 is 17.4 Å². The van der Waals surface area contributed by atoms with E-state index in [0.717, 1.165) is 0 Å². The SMILES string of the molecule is NC(=O)/C(=C\N1CCOCC1)C(=O)O. The smallest absolute Gasteiger partial charge is 0.342 e. The van der Waals surface area contributed by atoms with Crippen molar-refractivity contribution in [2.45, 2.75) is 0 Å². The zero-order chi connectivity index (χ0) is 10.6. The number of hydrogen-bond donors (Lipinski definition) is 2. The van der Waals surface area contributed by atoms with Crippen LogP contribution in [0.1, 0.15) is 0 Å². The molecule has 1 aliphatic rings. The highest BCUT2D eigenvalue weighted by Crippen LogP contribution is 2.02. The highest BCUT2D eigenvalue weighted by molar-refractivity contribution is 6.14. The number of nitrogens with zero attached hydrogens (tertiary/aromatic N) is 1. The summed E-state index contributed by atoms with van der Waals surface area (Å²) >= 11 is 0. The van der Waals surface area contributed by atoms with E-state index in [1.807, 2.05) is 0 Å². The van der Waals surface area contributed by atoms with Crippen LogP contribution in [-0.2, 0) is 14.3 Å². The second kappa shape index (κ2) is 4.61. The van der Waals surface area contributed by atoms with Crippen LogP contribution in [0.25, 0.3) is 0 Å². The fourth-order valence-corrected chi connectivity index (χ4v) is 1.11. The Morgan fingerprint density at radius 3 is 2.36 bits per heavy atom. The van der Waals surface area contributed by atoms with Crippen LogP contribution in [0.5, 0.6) is 0 Å². The maximum Gasteiger partial charge on any atom is 0.342 e. The molecule has 6 nitrogen and oxygen atoms in total. The van der Waals surface area contributed by atoms with Crippen LogP contribution in [0.2, 0.25) is 0 Å². The summed E-state index contributed by atoms with van der Waals surface area (Å²) < 4.78 is 5.07. The lowest BCUT2D eigenvalue weighted by molar-refractivity contribution is -0.134. The van der Waals surface area contributed by atoms with Gasteiger partial charge in [0.15, 0.2) is 0 Å². The van der Waals surface area contributed by atoms with Crippen molar-refractivity contribution in [3.8, 4) is 0 Å². The molecule has 0 bridgehead atoms. The minimum atomic E-state index is -1.30. The predicted molar refractivity (Wildman–Crippen MR) is 47.3 cm³/mol.